The molecule has 0 radical (unpaired) electrons. The zero-order chi connectivity index (χ0) is 14.0. The Bertz CT molecular complexity index is 431. The smallest absolute Gasteiger partial charge is 0.158 e. The van der Waals surface area contributed by atoms with Gasteiger partial charge in [-0.15, -0.1) is 11.8 Å². The van der Waals surface area contributed by atoms with Crippen LogP contribution in [0.3, 0.4) is 0 Å². The van der Waals surface area contributed by atoms with Gasteiger partial charge in [0, 0.05) is 10.1 Å². The van der Waals surface area contributed by atoms with Crippen molar-refractivity contribution in [2.24, 2.45) is 17.8 Å². The van der Waals surface area contributed by atoms with Crippen molar-refractivity contribution >= 4 is 11.8 Å². The molecule has 1 saturated carbocycles. The molecule has 19 heavy (non-hydrogen) atoms. The molecular weight excluding hydrogens is 256 g/mol. The minimum Gasteiger partial charge on any atom is -0.504 e. The van der Waals surface area contributed by atoms with Crippen molar-refractivity contribution in [2.45, 2.75) is 50.2 Å². The standard InChI is InChI=1S/C16H24O2S/c1-10(2)13-6-4-11(3)8-16(13)19-12-5-7-14(17)15(18)9-12/h5,7,9-11,13,16-18H,4,6,8H2,1-3H3. The number of thioether (sulfide) groups is 1. The fourth-order valence-corrected chi connectivity index (χ4v) is 4.73. The first-order valence-electron chi connectivity index (χ1n) is 7.16. The maximum absolute atomic E-state index is 9.59. The van der Waals surface area contributed by atoms with Gasteiger partial charge >= 0.3 is 0 Å². The van der Waals surface area contributed by atoms with Crippen molar-refractivity contribution in [1.29, 1.82) is 0 Å². The second-order valence-electron chi connectivity index (χ2n) is 6.13. The number of hydrogen-bond donors (Lipinski definition) is 2. The van der Waals surface area contributed by atoms with Crippen LogP contribution in [0.4, 0.5) is 0 Å². The van der Waals surface area contributed by atoms with E-state index in [2.05, 4.69) is 20.8 Å². The Morgan fingerprint density at radius 2 is 1.89 bits per heavy atom. The molecule has 3 atom stereocenters. The molecule has 1 aliphatic rings. The quantitative estimate of drug-likeness (QED) is 0.792. The number of aromatic hydroxyl groups is 2. The molecule has 1 aliphatic carbocycles. The third-order valence-corrected chi connectivity index (χ3v) is 5.57. The Hall–Kier alpha value is -0.830. The largest absolute Gasteiger partial charge is 0.504 e. The van der Waals surface area contributed by atoms with Crippen LogP contribution in [-0.4, -0.2) is 15.5 Å². The van der Waals surface area contributed by atoms with Crippen molar-refractivity contribution in [1.82, 2.24) is 0 Å². The lowest BCUT2D eigenvalue weighted by Gasteiger charge is -2.37. The van der Waals surface area contributed by atoms with Crippen LogP contribution in [0.2, 0.25) is 0 Å². The number of rotatable bonds is 3. The van der Waals surface area contributed by atoms with Gasteiger partial charge < -0.3 is 10.2 Å². The summed E-state index contributed by atoms with van der Waals surface area (Å²) in [5.74, 6) is 2.18. The van der Waals surface area contributed by atoms with E-state index in [-0.39, 0.29) is 11.5 Å². The van der Waals surface area contributed by atoms with Gasteiger partial charge in [-0.1, -0.05) is 27.2 Å². The molecule has 0 aromatic heterocycles. The monoisotopic (exact) mass is 280 g/mol. The molecule has 0 heterocycles. The molecule has 1 aromatic rings. The predicted octanol–water partition coefficient (Wildman–Crippen LogP) is 4.65. The van der Waals surface area contributed by atoms with Crippen LogP contribution in [0.5, 0.6) is 11.5 Å². The van der Waals surface area contributed by atoms with Gasteiger partial charge in [0.05, 0.1) is 0 Å². The Balaban J connectivity index is 2.11. The van der Waals surface area contributed by atoms with Crippen molar-refractivity contribution in [3.63, 3.8) is 0 Å². The first kappa shape index (κ1) is 14.6. The summed E-state index contributed by atoms with van der Waals surface area (Å²) < 4.78 is 0. The van der Waals surface area contributed by atoms with Crippen LogP contribution in [0, 0.1) is 17.8 Å². The normalized spacial score (nSPS) is 27.7. The van der Waals surface area contributed by atoms with Crippen LogP contribution >= 0.6 is 11.8 Å². The Kier molecular flexibility index (Phi) is 4.67. The molecule has 1 aromatic carbocycles. The van der Waals surface area contributed by atoms with Crippen LogP contribution in [-0.2, 0) is 0 Å². The second kappa shape index (κ2) is 6.08. The Labute approximate surface area is 120 Å². The van der Waals surface area contributed by atoms with Gasteiger partial charge in [0.1, 0.15) is 0 Å². The molecule has 0 saturated heterocycles. The van der Waals surface area contributed by atoms with Gasteiger partial charge in [-0.05, 0) is 48.8 Å². The average Bonchev–Trinajstić information content (AvgIpc) is 2.33. The summed E-state index contributed by atoms with van der Waals surface area (Å²) in [6.07, 6.45) is 3.89. The fourth-order valence-electron chi connectivity index (χ4n) is 3.00. The van der Waals surface area contributed by atoms with E-state index < -0.39 is 0 Å². The van der Waals surface area contributed by atoms with Gasteiger partial charge in [0.25, 0.3) is 0 Å². The third-order valence-electron chi connectivity index (χ3n) is 4.20. The topological polar surface area (TPSA) is 40.5 Å². The lowest BCUT2D eigenvalue weighted by Crippen LogP contribution is -2.29. The molecule has 2 N–H and O–H groups in total. The van der Waals surface area contributed by atoms with Crippen molar-refractivity contribution in [3.8, 4) is 11.5 Å². The molecule has 0 spiro atoms. The Morgan fingerprint density at radius 3 is 2.53 bits per heavy atom. The zero-order valence-electron chi connectivity index (χ0n) is 12.0. The lowest BCUT2D eigenvalue weighted by molar-refractivity contribution is 0.244. The summed E-state index contributed by atoms with van der Waals surface area (Å²) in [5, 5.41) is 19.6. The zero-order valence-corrected chi connectivity index (χ0v) is 12.8. The number of benzene rings is 1. The summed E-state index contributed by atoms with van der Waals surface area (Å²) >= 11 is 1.86. The van der Waals surface area contributed by atoms with E-state index in [1.165, 1.54) is 19.3 Å². The van der Waals surface area contributed by atoms with E-state index in [0.717, 1.165) is 16.7 Å². The van der Waals surface area contributed by atoms with Crippen molar-refractivity contribution in [2.75, 3.05) is 0 Å². The predicted molar refractivity (Wildman–Crippen MR) is 80.8 cm³/mol. The molecule has 0 bridgehead atoms. The van der Waals surface area contributed by atoms with Crippen LogP contribution < -0.4 is 0 Å². The molecule has 0 aliphatic heterocycles. The minimum absolute atomic E-state index is 0.0186. The molecule has 0 amide bonds. The van der Waals surface area contributed by atoms with E-state index in [0.29, 0.717) is 11.2 Å². The minimum atomic E-state index is -0.0400. The number of hydrogen-bond acceptors (Lipinski definition) is 3. The summed E-state index contributed by atoms with van der Waals surface area (Å²) in [6, 6.07) is 5.15. The summed E-state index contributed by atoms with van der Waals surface area (Å²) in [7, 11) is 0. The van der Waals surface area contributed by atoms with Gasteiger partial charge in [-0.2, -0.15) is 0 Å². The highest BCUT2D eigenvalue weighted by molar-refractivity contribution is 8.00. The number of phenolic OH excluding ortho intramolecular Hbond substituents is 2. The third kappa shape index (κ3) is 3.59. The van der Waals surface area contributed by atoms with Crippen LogP contribution in [0.25, 0.3) is 0 Å². The van der Waals surface area contributed by atoms with Gasteiger partial charge in [-0.3, -0.25) is 0 Å². The first-order valence-corrected chi connectivity index (χ1v) is 8.04. The van der Waals surface area contributed by atoms with Gasteiger partial charge in [0.15, 0.2) is 11.5 Å². The Morgan fingerprint density at radius 1 is 1.16 bits per heavy atom. The second-order valence-corrected chi connectivity index (χ2v) is 7.45. The molecule has 3 unspecified atom stereocenters. The molecule has 106 valence electrons. The van der Waals surface area contributed by atoms with E-state index >= 15 is 0 Å². The van der Waals surface area contributed by atoms with E-state index in [1.807, 2.05) is 17.8 Å². The van der Waals surface area contributed by atoms with Crippen LogP contribution in [0.1, 0.15) is 40.0 Å². The van der Waals surface area contributed by atoms with Crippen LogP contribution in [0.15, 0.2) is 23.1 Å². The molecular formula is C16H24O2S. The first-order chi connectivity index (χ1) is 8.97. The SMILES string of the molecule is CC1CCC(C(C)C)C(Sc2ccc(O)c(O)c2)C1. The summed E-state index contributed by atoms with van der Waals surface area (Å²) in [6.45, 7) is 6.95. The van der Waals surface area contributed by atoms with Gasteiger partial charge in [-0.25, -0.2) is 0 Å². The molecule has 2 nitrogen and oxygen atoms in total. The highest BCUT2D eigenvalue weighted by atomic mass is 32.2. The molecule has 2 rings (SSSR count). The molecule has 3 heteroatoms. The summed E-state index contributed by atoms with van der Waals surface area (Å²) in [4.78, 5) is 1.06. The van der Waals surface area contributed by atoms with Crippen molar-refractivity contribution < 1.29 is 10.2 Å². The average molecular weight is 280 g/mol. The highest BCUT2D eigenvalue weighted by Gasteiger charge is 2.31. The van der Waals surface area contributed by atoms with E-state index in [1.54, 1.807) is 12.1 Å². The van der Waals surface area contributed by atoms with E-state index in [9.17, 15) is 10.2 Å². The van der Waals surface area contributed by atoms with E-state index in [4.69, 9.17) is 0 Å². The maximum atomic E-state index is 9.59. The maximum Gasteiger partial charge on any atom is 0.158 e. The lowest BCUT2D eigenvalue weighted by atomic mass is 9.77. The van der Waals surface area contributed by atoms with Crippen molar-refractivity contribution in [3.05, 3.63) is 18.2 Å². The highest BCUT2D eigenvalue weighted by Crippen LogP contribution is 2.43. The molecule has 1 fully saturated rings. The fraction of sp³-hybridized carbons (Fsp3) is 0.625. The number of phenols is 2. The van der Waals surface area contributed by atoms with Gasteiger partial charge in [0.2, 0.25) is 0 Å². The summed E-state index contributed by atoms with van der Waals surface area (Å²) in [5.41, 5.74) is 0.